The van der Waals surface area contributed by atoms with Crippen molar-refractivity contribution < 1.29 is 23.1 Å². The number of anilines is 1. The molecule has 1 unspecified atom stereocenters. The van der Waals surface area contributed by atoms with Crippen LogP contribution in [0.4, 0.5) is 18.9 Å². The second kappa shape index (κ2) is 10.3. The lowest BCUT2D eigenvalue weighted by Crippen LogP contribution is -2.30. The maximum atomic E-state index is 13.7. The molecule has 0 bridgehead atoms. The van der Waals surface area contributed by atoms with Crippen molar-refractivity contribution in [2.75, 3.05) is 5.32 Å². The van der Waals surface area contributed by atoms with Crippen molar-refractivity contribution in [2.45, 2.75) is 19.2 Å². The third-order valence-electron chi connectivity index (χ3n) is 5.65. The summed E-state index contributed by atoms with van der Waals surface area (Å²) in [4.78, 5) is 13.3. The molecule has 10 heteroatoms. The van der Waals surface area contributed by atoms with E-state index in [-0.39, 0.29) is 28.4 Å². The van der Waals surface area contributed by atoms with Gasteiger partial charge in [-0.2, -0.15) is 18.3 Å². The van der Waals surface area contributed by atoms with E-state index in [1.807, 2.05) is 6.07 Å². The van der Waals surface area contributed by atoms with E-state index < -0.39 is 23.8 Å². The lowest BCUT2D eigenvalue weighted by Gasteiger charge is -2.20. The van der Waals surface area contributed by atoms with Crippen molar-refractivity contribution in [1.29, 1.82) is 5.41 Å². The fourth-order valence-electron chi connectivity index (χ4n) is 3.75. The molecule has 0 spiro atoms. The lowest BCUT2D eigenvalue weighted by molar-refractivity contribution is -0.137. The second-order valence-electron chi connectivity index (χ2n) is 8.43. The molecule has 1 atom stereocenters. The van der Waals surface area contributed by atoms with Gasteiger partial charge in [0.05, 0.1) is 23.1 Å². The van der Waals surface area contributed by atoms with Crippen LogP contribution in [0.25, 0.3) is 11.3 Å². The van der Waals surface area contributed by atoms with E-state index in [0.29, 0.717) is 16.8 Å². The number of halogens is 3. The number of benzene rings is 2. The van der Waals surface area contributed by atoms with Gasteiger partial charge in [0.15, 0.2) is 0 Å². The summed E-state index contributed by atoms with van der Waals surface area (Å²) in [6.45, 7) is 1.58. The molecule has 1 aliphatic rings. The Bertz CT molecular complexity index is 1430. The number of rotatable bonds is 6. The Balaban J connectivity index is 1.76. The zero-order chi connectivity index (χ0) is 26.7. The highest BCUT2D eigenvalue weighted by atomic mass is 19.4. The summed E-state index contributed by atoms with van der Waals surface area (Å²) < 4.78 is 42.5. The summed E-state index contributed by atoms with van der Waals surface area (Å²) in [6, 6.07) is 13.4. The summed E-state index contributed by atoms with van der Waals surface area (Å²) in [5.41, 5.74) is 0.425. The minimum Gasteiger partial charge on any atom is -0.389 e. The number of para-hydroxylation sites is 1. The Morgan fingerprint density at radius 2 is 1.84 bits per heavy atom. The summed E-state index contributed by atoms with van der Waals surface area (Å²) in [7, 11) is 1.59. The molecule has 1 amide bonds. The van der Waals surface area contributed by atoms with Gasteiger partial charge in [-0.05, 0) is 61.0 Å². The monoisotopic (exact) mass is 507 g/mol. The SMILES string of the molecule is CC(O)C1=C/C(=C(\NC(=O)c2ccc(C(F)(F)F)c(-c3ccn(C)n3)c2)Nc2ccccc2)C(=N)C=C1. The van der Waals surface area contributed by atoms with Gasteiger partial charge in [-0.25, -0.2) is 0 Å². The first-order valence-corrected chi connectivity index (χ1v) is 11.3. The van der Waals surface area contributed by atoms with Gasteiger partial charge in [0.25, 0.3) is 5.91 Å². The summed E-state index contributed by atoms with van der Waals surface area (Å²) >= 11 is 0. The zero-order valence-electron chi connectivity index (χ0n) is 20.0. The first kappa shape index (κ1) is 25.6. The third kappa shape index (κ3) is 5.87. The number of aryl methyl sites for hydroxylation is 1. The highest BCUT2D eigenvalue weighted by molar-refractivity contribution is 6.11. The molecule has 190 valence electrons. The average Bonchev–Trinajstić information content (AvgIpc) is 3.29. The minimum atomic E-state index is -4.64. The van der Waals surface area contributed by atoms with Crippen LogP contribution in [0.1, 0.15) is 22.8 Å². The number of alkyl halides is 3. The van der Waals surface area contributed by atoms with E-state index in [0.717, 1.165) is 18.2 Å². The first-order chi connectivity index (χ1) is 17.5. The van der Waals surface area contributed by atoms with E-state index in [4.69, 9.17) is 5.41 Å². The molecular weight excluding hydrogens is 483 g/mol. The zero-order valence-corrected chi connectivity index (χ0v) is 20.0. The molecule has 0 radical (unpaired) electrons. The Morgan fingerprint density at radius 1 is 1.11 bits per heavy atom. The lowest BCUT2D eigenvalue weighted by atomic mass is 9.96. The Kier molecular flexibility index (Phi) is 7.12. The van der Waals surface area contributed by atoms with Crippen LogP contribution < -0.4 is 10.6 Å². The van der Waals surface area contributed by atoms with E-state index in [1.165, 1.54) is 23.0 Å². The number of allylic oxidation sites excluding steroid dienone is 3. The van der Waals surface area contributed by atoms with Gasteiger partial charge < -0.3 is 21.1 Å². The average molecular weight is 508 g/mol. The molecule has 1 heterocycles. The predicted octanol–water partition coefficient (Wildman–Crippen LogP) is 5.06. The normalized spacial score (nSPS) is 15.7. The molecule has 4 N–H and O–H groups in total. The standard InChI is InChI=1S/C27H24F3N5O2/c1-16(36)17-9-11-23(31)21(14-17)25(32-19-6-4-3-5-7-19)33-26(37)18-8-10-22(27(28,29)30)20(15-18)24-12-13-35(2)34-24/h3-16,31-32,36H,1-2H3,(H,33,37)/b25-21+,31-23?. The van der Waals surface area contributed by atoms with Crippen molar-refractivity contribution in [1.82, 2.24) is 15.1 Å². The largest absolute Gasteiger partial charge is 0.417 e. The number of nitrogens with zero attached hydrogens (tertiary/aromatic N) is 2. The van der Waals surface area contributed by atoms with Crippen LogP contribution in [-0.4, -0.2) is 32.6 Å². The molecule has 37 heavy (non-hydrogen) atoms. The van der Waals surface area contributed by atoms with Crippen molar-refractivity contribution in [3.63, 3.8) is 0 Å². The van der Waals surface area contributed by atoms with Crippen molar-refractivity contribution >= 4 is 17.3 Å². The van der Waals surface area contributed by atoms with Crippen molar-refractivity contribution in [3.8, 4) is 11.3 Å². The third-order valence-corrected chi connectivity index (χ3v) is 5.65. The number of aromatic nitrogens is 2. The van der Waals surface area contributed by atoms with Gasteiger partial charge in [0, 0.05) is 35.6 Å². The van der Waals surface area contributed by atoms with Gasteiger partial charge in [-0.3, -0.25) is 9.48 Å². The van der Waals surface area contributed by atoms with E-state index >= 15 is 0 Å². The first-order valence-electron chi connectivity index (χ1n) is 11.3. The molecule has 2 aromatic carbocycles. The Morgan fingerprint density at radius 3 is 2.46 bits per heavy atom. The molecule has 4 rings (SSSR count). The van der Waals surface area contributed by atoms with E-state index in [9.17, 15) is 23.1 Å². The molecule has 0 aliphatic heterocycles. The Hall–Kier alpha value is -4.44. The molecule has 1 aliphatic carbocycles. The van der Waals surface area contributed by atoms with Crippen LogP contribution in [0.15, 0.2) is 96.0 Å². The quantitative estimate of drug-likeness (QED) is 0.375. The molecule has 7 nitrogen and oxygen atoms in total. The van der Waals surface area contributed by atoms with Crippen molar-refractivity contribution in [2.24, 2.45) is 7.05 Å². The van der Waals surface area contributed by atoms with Crippen LogP contribution >= 0.6 is 0 Å². The number of hydrogen-bond donors (Lipinski definition) is 4. The number of carbonyl (C=O) groups excluding carboxylic acids is 1. The number of hydrogen-bond acceptors (Lipinski definition) is 5. The number of nitrogens with one attached hydrogen (secondary N) is 3. The maximum absolute atomic E-state index is 13.7. The minimum absolute atomic E-state index is 0.0285. The second-order valence-corrected chi connectivity index (χ2v) is 8.43. The van der Waals surface area contributed by atoms with Crippen LogP contribution in [0.3, 0.4) is 0 Å². The molecule has 3 aromatic rings. The van der Waals surface area contributed by atoms with Gasteiger partial charge in [-0.1, -0.05) is 24.3 Å². The molecule has 0 saturated carbocycles. The summed E-state index contributed by atoms with van der Waals surface area (Å²) in [6.07, 6.45) is 0.730. The van der Waals surface area contributed by atoms with Crippen LogP contribution in [0, 0.1) is 5.41 Å². The van der Waals surface area contributed by atoms with Crippen LogP contribution in [-0.2, 0) is 13.2 Å². The number of amides is 1. The molecular formula is C27H24F3N5O2. The smallest absolute Gasteiger partial charge is 0.389 e. The van der Waals surface area contributed by atoms with Gasteiger partial charge in [0.2, 0.25) is 0 Å². The number of aliphatic hydroxyl groups is 1. The van der Waals surface area contributed by atoms with Crippen LogP contribution in [0.5, 0.6) is 0 Å². The number of carbonyl (C=O) groups is 1. The number of aliphatic hydroxyl groups excluding tert-OH is 1. The van der Waals surface area contributed by atoms with Gasteiger partial charge >= 0.3 is 6.18 Å². The van der Waals surface area contributed by atoms with Gasteiger partial charge in [0.1, 0.15) is 5.82 Å². The Labute approximate surface area is 211 Å². The summed E-state index contributed by atoms with van der Waals surface area (Å²) in [5, 5.41) is 28.3. The topological polar surface area (TPSA) is 103 Å². The van der Waals surface area contributed by atoms with E-state index in [1.54, 1.807) is 50.4 Å². The van der Waals surface area contributed by atoms with Crippen LogP contribution in [0.2, 0.25) is 0 Å². The highest BCUT2D eigenvalue weighted by Crippen LogP contribution is 2.37. The molecule has 0 fully saturated rings. The molecule has 0 saturated heterocycles. The van der Waals surface area contributed by atoms with Gasteiger partial charge in [-0.15, -0.1) is 0 Å². The fourth-order valence-corrected chi connectivity index (χ4v) is 3.75. The highest BCUT2D eigenvalue weighted by Gasteiger charge is 2.34. The summed E-state index contributed by atoms with van der Waals surface area (Å²) in [5.74, 6) is -0.547. The molecule has 1 aromatic heterocycles. The van der Waals surface area contributed by atoms with Crippen molar-refractivity contribution in [3.05, 3.63) is 107 Å². The maximum Gasteiger partial charge on any atom is 0.417 e. The fraction of sp³-hybridized carbons (Fsp3) is 0.148. The predicted molar refractivity (Wildman–Crippen MR) is 135 cm³/mol. The van der Waals surface area contributed by atoms with E-state index in [2.05, 4.69) is 15.7 Å².